The summed E-state index contributed by atoms with van der Waals surface area (Å²) in [7, 11) is 0. The van der Waals surface area contributed by atoms with Gasteiger partial charge in [0.1, 0.15) is 10.7 Å². The number of carbonyl (C=O) groups is 2. The summed E-state index contributed by atoms with van der Waals surface area (Å²) in [4.78, 5) is 24.2. The molecule has 134 valence electrons. The van der Waals surface area contributed by atoms with Crippen LogP contribution in [0.1, 0.15) is 29.9 Å². The van der Waals surface area contributed by atoms with E-state index < -0.39 is 18.5 Å². The van der Waals surface area contributed by atoms with Crippen LogP contribution in [0.2, 0.25) is 10.2 Å². The molecule has 8 heteroatoms. The highest BCUT2D eigenvalue weighted by atomic mass is 35.5. The lowest BCUT2D eigenvalue weighted by Gasteiger charge is -2.08. The van der Waals surface area contributed by atoms with Gasteiger partial charge in [-0.05, 0) is 25.0 Å². The summed E-state index contributed by atoms with van der Waals surface area (Å²) < 4.78 is 6.61. The SMILES string of the molecule is Cc1nn(CC(C)C)c(Cl)c1C(=O)OCC(=O)Nc1ccccc1Cl. The largest absolute Gasteiger partial charge is 0.452 e. The third kappa shape index (κ3) is 4.96. The highest BCUT2D eigenvalue weighted by molar-refractivity contribution is 6.33. The number of hydrogen-bond acceptors (Lipinski definition) is 4. The quantitative estimate of drug-likeness (QED) is 0.766. The molecule has 0 atom stereocenters. The molecule has 1 aromatic carbocycles. The van der Waals surface area contributed by atoms with Gasteiger partial charge in [0.05, 0.1) is 16.4 Å². The number of para-hydroxylation sites is 1. The maximum Gasteiger partial charge on any atom is 0.343 e. The van der Waals surface area contributed by atoms with E-state index in [1.807, 2.05) is 13.8 Å². The molecular weight excluding hydrogens is 365 g/mol. The molecule has 2 rings (SSSR count). The Bertz CT molecular complexity index is 787. The zero-order valence-corrected chi connectivity index (χ0v) is 15.7. The van der Waals surface area contributed by atoms with E-state index in [1.54, 1.807) is 35.9 Å². The van der Waals surface area contributed by atoms with Gasteiger partial charge in [-0.2, -0.15) is 5.10 Å². The average molecular weight is 384 g/mol. The Morgan fingerprint density at radius 3 is 2.60 bits per heavy atom. The van der Waals surface area contributed by atoms with E-state index in [0.29, 0.717) is 28.9 Å². The lowest BCUT2D eigenvalue weighted by Crippen LogP contribution is -2.21. The fourth-order valence-electron chi connectivity index (χ4n) is 2.20. The van der Waals surface area contributed by atoms with Gasteiger partial charge in [0.15, 0.2) is 6.61 Å². The topological polar surface area (TPSA) is 73.2 Å². The summed E-state index contributed by atoms with van der Waals surface area (Å²) in [5.74, 6) is -0.862. The number of nitrogens with one attached hydrogen (secondary N) is 1. The molecule has 1 aromatic heterocycles. The van der Waals surface area contributed by atoms with Crippen molar-refractivity contribution in [2.45, 2.75) is 27.3 Å². The van der Waals surface area contributed by atoms with E-state index in [1.165, 1.54) is 0 Å². The van der Waals surface area contributed by atoms with Crippen LogP contribution in [-0.2, 0) is 16.1 Å². The predicted molar refractivity (Wildman–Crippen MR) is 97.2 cm³/mol. The average Bonchev–Trinajstić information content (AvgIpc) is 2.81. The minimum absolute atomic E-state index is 0.174. The molecular formula is C17H19Cl2N3O3. The number of benzene rings is 1. The number of halogens is 2. The first kappa shape index (κ1) is 19.3. The Morgan fingerprint density at radius 1 is 1.28 bits per heavy atom. The molecule has 0 spiro atoms. The summed E-state index contributed by atoms with van der Waals surface area (Å²) >= 11 is 12.2. The highest BCUT2D eigenvalue weighted by Gasteiger charge is 2.22. The van der Waals surface area contributed by atoms with Gasteiger partial charge in [-0.25, -0.2) is 4.79 Å². The molecule has 1 heterocycles. The second-order valence-corrected chi connectivity index (χ2v) is 6.70. The Morgan fingerprint density at radius 2 is 1.96 bits per heavy atom. The van der Waals surface area contributed by atoms with Crippen LogP contribution in [0.3, 0.4) is 0 Å². The minimum Gasteiger partial charge on any atom is -0.452 e. The Balaban J connectivity index is 1.99. The lowest BCUT2D eigenvalue weighted by atomic mass is 10.2. The second-order valence-electron chi connectivity index (χ2n) is 5.93. The summed E-state index contributed by atoms with van der Waals surface area (Å²) in [6.07, 6.45) is 0. The minimum atomic E-state index is -0.688. The Hall–Kier alpha value is -2.05. The van der Waals surface area contributed by atoms with Crippen molar-refractivity contribution in [2.24, 2.45) is 5.92 Å². The van der Waals surface area contributed by atoms with Gasteiger partial charge in [0.25, 0.3) is 5.91 Å². The number of hydrogen-bond donors (Lipinski definition) is 1. The molecule has 0 saturated heterocycles. The molecule has 25 heavy (non-hydrogen) atoms. The Kier molecular flexibility index (Phi) is 6.45. The number of aryl methyl sites for hydroxylation is 1. The third-order valence-electron chi connectivity index (χ3n) is 3.29. The number of aromatic nitrogens is 2. The standard InChI is InChI=1S/C17H19Cl2N3O3/c1-10(2)8-22-16(19)15(11(3)21-22)17(24)25-9-14(23)20-13-7-5-4-6-12(13)18/h4-7,10H,8-9H2,1-3H3,(H,20,23). The van der Waals surface area contributed by atoms with Crippen LogP contribution >= 0.6 is 23.2 Å². The number of nitrogens with zero attached hydrogens (tertiary/aromatic N) is 2. The van der Waals surface area contributed by atoms with Gasteiger partial charge in [0.2, 0.25) is 0 Å². The van der Waals surface area contributed by atoms with Crippen molar-refractivity contribution in [1.29, 1.82) is 0 Å². The first-order valence-electron chi connectivity index (χ1n) is 7.74. The van der Waals surface area contributed by atoms with Crippen molar-refractivity contribution >= 4 is 40.8 Å². The number of rotatable bonds is 6. The van der Waals surface area contributed by atoms with Crippen LogP contribution in [-0.4, -0.2) is 28.3 Å². The molecule has 0 bridgehead atoms. The first-order chi connectivity index (χ1) is 11.8. The van der Waals surface area contributed by atoms with Crippen molar-refractivity contribution in [3.05, 3.63) is 45.7 Å². The summed E-state index contributed by atoms with van der Waals surface area (Å²) in [5.41, 5.74) is 1.08. The number of esters is 1. The van der Waals surface area contributed by atoms with E-state index in [2.05, 4.69) is 10.4 Å². The van der Waals surface area contributed by atoms with Gasteiger partial charge >= 0.3 is 5.97 Å². The van der Waals surface area contributed by atoms with Crippen LogP contribution in [0.5, 0.6) is 0 Å². The van der Waals surface area contributed by atoms with Crippen LogP contribution in [0.25, 0.3) is 0 Å². The fraction of sp³-hybridized carbons (Fsp3) is 0.353. The second kappa shape index (κ2) is 8.36. The van der Waals surface area contributed by atoms with Crippen LogP contribution in [0.15, 0.2) is 24.3 Å². The zero-order chi connectivity index (χ0) is 18.6. The lowest BCUT2D eigenvalue weighted by molar-refractivity contribution is -0.119. The first-order valence-corrected chi connectivity index (χ1v) is 8.49. The highest BCUT2D eigenvalue weighted by Crippen LogP contribution is 2.22. The van der Waals surface area contributed by atoms with Gasteiger partial charge in [-0.15, -0.1) is 0 Å². The zero-order valence-electron chi connectivity index (χ0n) is 14.2. The molecule has 0 aliphatic rings. The van der Waals surface area contributed by atoms with Crippen molar-refractivity contribution < 1.29 is 14.3 Å². The molecule has 1 amide bonds. The fourth-order valence-corrected chi connectivity index (χ4v) is 2.71. The summed E-state index contributed by atoms with van der Waals surface area (Å²) in [5, 5.41) is 7.43. The monoisotopic (exact) mass is 383 g/mol. The van der Waals surface area contributed by atoms with E-state index in [0.717, 1.165) is 0 Å². The van der Waals surface area contributed by atoms with Gasteiger partial charge in [-0.1, -0.05) is 49.2 Å². The number of anilines is 1. The van der Waals surface area contributed by atoms with Crippen LogP contribution < -0.4 is 5.32 Å². The summed E-state index contributed by atoms with van der Waals surface area (Å²) in [6.45, 7) is 5.84. The van der Waals surface area contributed by atoms with E-state index in [-0.39, 0.29) is 10.7 Å². The predicted octanol–water partition coefficient (Wildman–Crippen LogP) is 3.95. The normalized spacial score (nSPS) is 10.8. The third-order valence-corrected chi connectivity index (χ3v) is 4.00. The molecule has 0 fully saturated rings. The van der Waals surface area contributed by atoms with Crippen molar-refractivity contribution in [2.75, 3.05) is 11.9 Å². The van der Waals surface area contributed by atoms with Gasteiger partial charge in [0, 0.05) is 6.54 Å². The number of ether oxygens (including phenoxy) is 1. The number of carbonyl (C=O) groups excluding carboxylic acids is 2. The van der Waals surface area contributed by atoms with E-state index in [9.17, 15) is 9.59 Å². The van der Waals surface area contributed by atoms with E-state index in [4.69, 9.17) is 27.9 Å². The molecule has 1 N–H and O–H groups in total. The molecule has 0 saturated carbocycles. The Labute approximate surface area is 156 Å². The van der Waals surface area contributed by atoms with Crippen molar-refractivity contribution in [3.63, 3.8) is 0 Å². The number of amides is 1. The molecule has 0 aliphatic carbocycles. The molecule has 2 aromatic rings. The van der Waals surface area contributed by atoms with Crippen molar-refractivity contribution in [1.82, 2.24) is 9.78 Å². The maximum absolute atomic E-state index is 12.2. The van der Waals surface area contributed by atoms with Crippen LogP contribution in [0.4, 0.5) is 5.69 Å². The van der Waals surface area contributed by atoms with Crippen molar-refractivity contribution in [3.8, 4) is 0 Å². The van der Waals surface area contributed by atoms with Gasteiger partial charge in [-0.3, -0.25) is 9.48 Å². The van der Waals surface area contributed by atoms with Crippen LogP contribution in [0, 0.1) is 12.8 Å². The smallest absolute Gasteiger partial charge is 0.343 e. The molecule has 0 aliphatic heterocycles. The molecule has 0 radical (unpaired) electrons. The van der Waals surface area contributed by atoms with Gasteiger partial charge < -0.3 is 10.1 Å². The van der Waals surface area contributed by atoms with E-state index >= 15 is 0 Å². The molecule has 6 nitrogen and oxygen atoms in total. The maximum atomic E-state index is 12.2. The summed E-state index contributed by atoms with van der Waals surface area (Å²) in [6, 6.07) is 6.78. The molecule has 0 unspecified atom stereocenters.